The molecule has 1 aromatic carbocycles. The summed E-state index contributed by atoms with van der Waals surface area (Å²) in [5.41, 5.74) is 0.740. The van der Waals surface area contributed by atoms with Crippen molar-refractivity contribution in [2.75, 3.05) is 0 Å². The third-order valence-electron chi connectivity index (χ3n) is 2.72. The number of alkyl halides is 1. The van der Waals surface area contributed by atoms with E-state index < -0.39 is 4.92 Å². The Hall–Kier alpha value is -1.93. The van der Waals surface area contributed by atoms with Gasteiger partial charge >= 0.3 is 5.69 Å². The third-order valence-corrected chi connectivity index (χ3v) is 4.01. The van der Waals surface area contributed by atoms with Crippen molar-refractivity contribution >= 4 is 37.9 Å². The van der Waals surface area contributed by atoms with Crippen LogP contribution in [0.5, 0.6) is 11.6 Å². The second kappa shape index (κ2) is 5.22. The van der Waals surface area contributed by atoms with Gasteiger partial charge in [-0.15, -0.1) is 11.3 Å². The van der Waals surface area contributed by atoms with Crippen molar-refractivity contribution in [2.45, 2.75) is 5.33 Å². The number of hydrogen-bond acceptors (Lipinski definition) is 5. The number of ether oxygens (including phenoxy) is 1. The van der Waals surface area contributed by atoms with Gasteiger partial charge in [0, 0.05) is 23.0 Å². The van der Waals surface area contributed by atoms with Crippen molar-refractivity contribution in [1.29, 1.82) is 0 Å². The average Bonchev–Trinajstić information content (AvgIpc) is 2.99. The lowest BCUT2D eigenvalue weighted by molar-refractivity contribution is -0.385. The van der Waals surface area contributed by atoms with E-state index in [2.05, 4.69) is 20.9 Å². The molecular weight excluding hydrogens is 346 g/mol. The molecule has 0 saturated heterocycles. The van der Waals surface area contributed by atoms with E-state index in [-0.39, 0.29) is 11.4 Å². The number of para-hydroxylation sites is 2. The van der Waals surface area contributed by atoms with Crippen LogP contribution in [0.3, 0.4) is 0 Å². The number of nitro groups is 1. The molecule has 0 amide bonds. The quantitative estimate of drug-likeness (QED) is 0.404. The Morgan fingerprint density at radius 2 is 2.25 bits per heavy atom. The minimum Gasteiger partial charge on any atom is -0.430 e. The molecular formula is C12H8BrN3O3S. The molecule has 8 heteroatoms. The molecule has 0 radical (unpaired) electrons. The number of imidazole rings is 1. The van der Waals surface area contributed by atoms with Gasteiger partial charge in [-0.05, 0) is 6.07 Å². The highest BCUT2D eigenvalue weighted by atomic mass is 79.9. The van der Waals surface area contributed by atoms with Gasteiger partial charge in [0.2, 0.25) is 11.6 Å². The van der Waals surface area contributed by atoms with Gasteiger partial charge in [0.1, 0.15) is 0 Å². The molecule has 0 saturated carbocycles. The van der Waals surface area contributed by atoms with Crippen LogP contribution in [0.1, 0.15) is 5.69 Å². The normalized spacial score (nSPS) is 10.8. The first-order chi connectivity index (χ1) is 9.70. The van der Waals surface area contributed by atoms with Crippen molar-refractivity contribution in [3.05, 3.63) is 51.7 Å². The first kappa shape index (κ1) is 13.1. The zero-order chi connectivity index (χ0) is 14.1. The zero-order valence-corrected chi connectivity index (χ0v) is 12.4. The highest BCUT2D eigenvalue weighted by Gasteiger charge is 2.19. The van der Waals surface area contributed by atoms with E-state index in [1.807, 2.05) is 16.0 Å². The van der Waals surface area contributed by atoms with Crippen molar-refractivity contribution in [2.24, 2.45) is 0 Å². The minimum absolute atomic E-state index is 0.0793. The van der Waals surface area contributed by atoms with Gasteiger partial charge in [-0.2, -0.15) is 4.98 Å². The first-order valence-corrected chi connectivity index (χ1v) is 7.62. The lowest BCUT2D eigenvalue weighted by Gasteiger charge is -2.04. The van der Waals surface area contributed by atoms with Crippen LogP contribution in [0.15, 0.2) is 35.8 Å². The number of halogens is 1. The fraction of sp³-hybridized carbons (Fsp3) is 0.0833. The highest BCUT2D eigenvalue weighted by molar-refractivity contribution is 9.08. The van der Waals surface area contributed by atoms with Gasteiger partial charge in [-0.1, -0.05) is 28.1 Å². The topological polar surface area (TPSA) is 69.7 Å². The largest absolute Gasteiger partial charge is 0.430 e. The van der Waals surface area contributed by atoms with E-state index in [1.165, 1.54) is 17.4 Å². The second-order valence-corrected chi connectivity index (χ2v) is 5.31. The van der Waals surface area contributed by atoms with Crippen LogP contribution in [-0.2, 0) is 5.33 Å². The number of aromatic nitrogens is 2. The van der Waals surface area contributed by atoms with E-state index in [0.29, 0.717) is 11.2 Å². The number of nitro benzene ring substituents is 1. The summed E-state index contributed by atoms with van der Waals surface area (Å²) in [5, 5.41) is 13.4. The molecule has 0 aliphatic carbocycles. The van der Waals surface area contributed by atoms with Gasteiger partial charge in [-0.3, -0.25) is 14.5 Å². The Labute approximate surface area is 125 Å². The Kier molecular flexibility index (Phi) is 3.41. The SMILES string of the molecule is O=[N+]([O-])c1ccccc1Oc1nc2sccn2c1CBr. The maximum atomic E-state index is 11.0. The Bertz CT molecular complexity index is 783. The number of nitrogens with zero attached hydrogens (tertiary/aromatic N) is 3. The smallest absolute Gasteiger partial charge is 0.311 e. The molecule has 0 aliphatic heterocycles. The predicted octanol–water partition coefficient (Wildman–Crippen LogP) is 3.99. The predicted molar refractivity (Wildman–Crippen MR) is 78.9 cm³/mol. The van der Waals surface area contributed by atoms with Gasteiger partial charge in [-0.25, -0.2) is 0 Å². The maximum Gasteiger partial charge on any atom is 0.311 e. The van der Waals surface area contributed by atoms with E-state index in [0.717, 1.165) is 10.7 Å². The van der Waals surface area contributed by atoms with E-state index in [1.54, 1.807) is 18.2 Å². The van der Waals surface area contributed by atoms with Gasteiger partial charge in [0.15, 0.2) is 4.96 Å². The number of hydrogen-bond donors (Lipinski definition) is 0. The van der Waals surface area contributed by atoms with E-state index in [9.17, 15) is 10.1 Å². The third kappa shape index (κ3) is 2.16. The number of fused-ring (bicyclic) bond motifs is 1. The molecule has 6 nitrogen and oxygen atoms in total. The summed E-state index contributed by atoms with van der Waals surface area (Å²) in [6, 6.07) is 6.25. The first-order valence-electron chi connectivity index (χ1n) is 5.62. The van der Waals surface area contributed by atoms with Crippen molar-refractivity contribution in [3.63, 3.8) is 0 Å². The van der Waals surface area contributed by atoms with Crippen molar-refractivity contribution < 1.29 is 9.66 Å². The number of thiazole rings is 1. The monoisotopic (exact) mass is 353 g/mol. The van der Waals surface area contributed by atoms with E-state index in [4.69, 9.17) is 4.74 Å². The van der Waals surface area contributed by atoms with Crippen LogP contribution in [0.4, 0.5) is 5.69 Å². The average molecular weight is 354 g/mol. The molecule has 2 heterocycles. The zero-order valence-electron chi connectivity index (χ0n) is 10.0. The summed E-state index contributed by atoms with van der Waals surface area (Å²) >= 11 is 4.86. The molecule has 0 spiro atoms. The molecule has 3 rings (SSSR count). The minimum atomic E-state index is -0.471. The standard InChI is InChI=1S/C12H8BrN3O3S/c13-7-9-11(14-12-15(9)5-6-20-12)19-10-4-2-1-3-8(10)16(17)18/h1-6H,7H2. The summed E-state index contributed by atoms with van der Waals surface area (Å²) in [7, 11) is 0. The molecule has 0 atom stereocenters. The van der Waals surface area contributed by atoms with Crippen LogP contribution in [0.2, 0.25) is 0 Å². The Balaban J connectivity index is 2.05. The highest BCUT2D eigenvalue weighted by Crippen LogP contribution is 2.34. The Morgan fingerprint density at radius 3 is 3.00 bits per heavy atom. The summed E-state index contributed by atoms with van der Waals surface area (Å²) in [4.78, 5) is 15.6. The van der Waals surface area contributed by atoms with Crippen LogP contribution in [0, 0.1) is 10.1 Å². The summed E-state index contributed by atoms with van der Waals surface area (Å²) in [5.74, 6) is 0.563. The second-order valence-electron chi connectivity index (χ2n) is 3.88. The molecule has 102 valence electrons. The summed E-state index contributed by atoms with van der Waals surface area (Å²) in [6.45, 7) is 0. The van der Waals surface area contributed by atoms with Gasteiger partial charge < -0.3 is 4.74 Å². The molecule has 0 unspecified atom stereocenters. The van der Waals surface area contributed by atoms with Crippen LogP contribution < -0.4 is 4.74 Å². The molecule has 0 fully saturated rings. The van der Waals surface area contributed by atoms with E-state index >= 15 is 0 Å². The van der Waals surface area contributed by atoms with Crippen molar-refractivity contribution in [1.82, 2.24) is 9.38 Å². The van der Waals surface area contributed by atoms with Crippen molar-refractivity contribution in [3.8, 4) is 11.6 Å². The fourth-order valence-corrected chi connectivity index (χ4v) is 3.05. The lowest BCUT2D eigenvalue weighted by Crippen LogP contribution is -1.95. The molecule has 0 N–H and O–H groups in total. The van der Waals surface area contributed by atoms with Gasteiger partial charge in [0.25, 0.3) is 0 Å². The molecule has 0 bridgehead atoms. The molecule has 0 aliphatic rings. The van der Waals surface area contributed by atoms with Crippen LogP contribution in [-0.4, -0.2) is 14.3 Å². The lowest BCUT2D eigenvalue weighted by atomic mass is 10.3. The number of rotatable bonds is 4. The summed E-state index contributed by atoms with van der Waals surface area (Å²) in [6.07, 6.45) is 1.88. The molecule has 20 heavy (non-hydrogen) atoms. The van der Waals surface area contributed by atoms with Crippen LogP contribution in [0.25, 0.3) is 4.96 Å². The maximum absolute atomic E-state index is 11.0. The van der Waals surface area contributed by atoms with Gasteiger partial charge in [0.05, 0.1) is 10.6 Å². The summed E-state index contributed by atoms with van der Waals surface area (Å²) < 4.78 is 7.53. The molecule has 2 aromatic heterocycles. The fourth-order valence-electron chi connectivity index (χ4n) is 1.81. The van der Waals surface area contributed by atoms with Crippen LogP contribution >= 0.6 is 27.3 Å². The Morgan fingerprint density at radius 1 is 1.45 bits per heavy atom. The molecule has 3 aromatic rings. The number of benzene rings is 1.